The zero-order valence-electron chi connectivity index (χ0n) is 12.8. The molecule has 0 saturated carbocycles. The highest BCUT2D eigenvalue weighted by Gasteiger charge is 2.24. The Morgan fingerprint density at radius 3 is 2.43 bits per heavy atom. The largest absolute Gasteiger partial charge is 0.398 e. The Kier molecular flexibility index (Phi) is 6.03. The molecule has 1 rings (SSSR count). The summed E-state index contributed by atoms with van der Waals surface area (Å²) in [6.45, 7) is 4.00. The van der Waals surface area contributed by atoms with E-state index in [1.165, 1.54) is 11.0 Å². The Bertz CT molecular complexity index is 530. The first-order valence-corrected chi connectivity index (χ1v) is 7.17. The second-order valence-electron chi connectivity index (χ2n) is 5.62. The summed E-state index contributed by atoms with van der Waals surface area (Å²) in [5, 5.41) is 3.22. The molecule has 1 aromatic rings. The van der Waals surface area contributed by atoms with Crippen LogP contribution in [-0.4, -0.2) is 36.9 Å². The molecule has 0 radical (unpaired) electrons. The average molecular weight is 312 g/mol. The van der Waals surface area contributed by atoms with Gasteiger partial charge in [0.1, 0.15) is 6.04 Å². The molecule has 0 aliphatic heterocycles. The normalized spacial score (nSPS) is 12.1. The number of nitrogens with two attached hydrogens (primary N) is 1. The van der Waals surface area contributed by atoms with Crippen LogP contribution < -0.4 is 11.1 Å². The first kappa shape index (κ1) is 17.3. The maximum Gasteiger partial charge on any atom is 0.254 e. The van der Waals surface area contributed by atoms with E-state index in [4.69, 9.17) is 17.3 Å². The number of halogens is 1. The summed E-state index contributed by atoms with van der Waals surface area (Å²) in [4.78, 5) is 25.9. The number of likely N-dealkylation sites (N-methyl/N-ethyl adjacent to an activating group) is 1. The van der Waals surface area contributed by atoms with Crippen LogP contribution in [0.15, 0.2) is 18.2 Å². The molecule has 0 heterocycles. The lowest BCUT2D eigenvalue weighted by Gasteiger charge is -2.23. The Morgan fingerprint density at radius 1 is 1.33 bits per heavy atom. The van der Waals surface area contributed by atoms with Gasteiger partial charge in [-0.2, -0.15) is 0 Å². The molecule has 0 bridgehead atoms. The molecule has 0 aliphatic rings. The van der Waals surface area contributed by atoms with Crippen LogP contribution in [0, 0.1) is 5.92 Å². The lowest BCUT2D eigenvalue weighted by molar-refractivity contribution is -0.131. The number of carbonyl (C=O) groups excluding carboxylic acids is 2. The molecule has 1 aromatic carbocycles. The van der Waals surface area contributed by atoms with Gasteiger partial charge in [-0.15, -0.1) is 0 Å². The number of nitrogen functional groups attached to an aromatic ring is 1. The average Bonchev–Trinajstić information content (AvgIpc) is 2.36. The highest BCUT2D eigenvalue weighted by atomic mass is 35.5. The molecule has 0 aromatic heterocycles. The third-order valence-corrected chi connectivity index (χ3v) is 3.24. The van der Waals surface area contributed by atoms with Gasteiger partial charge in [-0.1, -0.05) is 25.4 Å². The number of amides is 2. The van der Waals surface area contributed by atoms with Crippen molar-refractivity contribution in [2.45, 2.75) is 26.3 Å². The standard InChI is InChI=1S/C15H22ClN3O2/c1-9(2)7-13(15(21)19(3)4)18-14(20)11-6-5-10(16)8-12(11)17/h5-6,8-9,13H,7,17H2,1-4H3,(H,18,20). The van der Waals surface area contributed by atoms with Gasteiger partial charge in [0.15, 0.2) is 0 Å². The molecular formula is C15H22ClN3O2. The Labute approximate surface area is 130 Å². The summed E-state index contributed by atoms with van der Waals surface area (Å²) in [5.74, 6) is -0.226. The van der Waals surface area contributed by atoms with E-state index in [-0.39, 0.29) is 17.7 Å². The zero-order valence-corrected chi connectivity index (χ0v) is 13.6. The maximum atomic E-state index is 12.3. The van der Waals surface area contributed by atoms with Crippen LogP contribution in [0.4, 0.5) is 5.69 Å². The lowest BCUT2D eigenvalue weighted by atomic mass is 10.0. The van der Waals surface area contributed by atoms with Crippen LogP contribution in [0.3, 0.4) is 0 Å². The SMILES string of the molecule is CC(C)CC(NC(=O)c1ccc(Cl)cc1N)C(=O)N(C)C. The van der Waals surface area contributed by atoms with Crippen molar-refractivity contribution >= 4 is 29.1 Å². The van der Waals surface area contributed by atoms with Crippen LogP contribution >= 0.6 is 11.6 Å². The number of rotatable bonds is 5. The van der Waals surface area contributed by atoms with E-state index >= 15 is 0 Å². The molecule has 6 heteroatoms. The van der Waals surface area contributed by atoms with Crippen molar-refractivity contribution in [3.63, 3.8) is 0 Å². The fourth-order valence-electron chi connectivity index (χ4n) is 1.98. The topological polar surface area (TPSA) is 75.4 Å². The fourth-order valence-corrected chi connectivity index (χ4v) is 2.16. The third-order valence-electron chi connectivity index (χ3n) is 3.01. The minimum atomic E-state index is -0.567. The number of nitrogens with zero attached hydrogens (tertiary/aromatic N) is 1. The maximum absolute atomic E-state index is 12.3. The first-order chi connectivity index (χ1) is 9.72. The van der Waals surface area contributed by atoms with E-state index in [2.05, 4.69) is 5.32 Å². The van der Waals surface area contributed by atoms with E-state index in [9.17, 15) is 9.59 Å². The second-order valence-corrected chi connectivity index (χ2v) is 6.06. The van der Waals surface area contributed by atoms with Gasteiger partial charge in [0.05, 0.1) is 5.56 Å². The van der Waals surface area contributed by atoms with Crippen molar-refractivity contribution in [1.82, 2.24) is 10.2 Å². The summed E-state index contributed by atoms with van der Waals surface area (Å²) in [6.07, 6.45) is 0.566. The number of carbonyl (C=O) groups is 2. The molecule has 3 N–H and O–H groups in total. The third kappa shape index (κ3) is 4.93. The van der Waals surface area contributed by atoms with E-state index in [1.807, 2.05) is 13.8 Å². The first-order valence-electron chi connectivity index (χ1n) is 6.79. The smallest absolute Gasteiger partial charge is 0.254 e. The van der Waals surface area contributed by atoms with Gasteiger partial charge in [-0.05, 0) is 30.5 Å². The molecule has 0 saturated heterocycles. The van der Waals surface area contributed by atoms with Gasteiger partial charge in [0.25, 0.3) is 5.91 Å². The van der Waals surface area contributed by atoms with E-state index in [1.54, 1.807) is 26.2 Å². The minimum Gasteiger partial charge on any atom is -0.398 e. The summed E-state index contributed by atoms with van der Waals surface area (Å²) >= 11 is 5.82. The van der Waals surface area contributed by atoms with E-state index in [0.29, 0.717) is 22.7 Å². The van der Waals surface area contributed by atoms with Gasteiger partial charge in [-0.25, -0.2) is 0 Å². The Hall–Kier alpha value is -1.75. The number of anilines is 1. The minimum absolute atomic E-state index is 0.135. The molecule has 2 amide bonds. The van der Waals surface area contributed by atoms with Crippen LogP contribution in [0.5, 0.6) is 0 Å². The van der Waals surface area contributed by atoms with E-state index < -0.39 is 6.04 Å². The summed E-state index contributed by atoms with van der Waals surface area (Å²) in [7, 11) is 3.33. The van der Waals surface area contributed by atoms with Crippen LogP contribution in [0.2, 0.25) is 5.02 Å². The van der Waals surface area contributed by atoms with Crippen molar-refractivity contribution < 1.29 is 9.59 Å². The van der Waals surface area contributed by atoms with Crippen molar-refractivity contribution in [1.29, 1.82) is 0 Å². The molecule has 0 fully saturated rings. The molecule has 21 heavy (non-hydrogen) atoms. The number of hydrogen-bond acceptors (Lipinski definition) is 3. The molecule has 0 aliphatic carbocycles. The highest BCUT2D eigenvalue weighted by Crippen LogP contribution is 2.18. The molecule has 0 spiro atoms. The summed E-state index contributed by atoms with van der Waals surface area (Å²) in [5.41, 5.74) is 6.41. The number of benzene rings is 1. The van der Waals surface area contributed by atoms with E-state index in [0.717, 1.165) is 0 Å². The molecule has 1 unspecified atom stereocenters. The molecule has 1 atom stereocenters. The predicted octanol–water partition coefficient (Wildman–Crippen LogP) is 2.15. The van der Waals surface area contributed by atoms with Crippen LogP contribution in [-0.2, 0) is 4.79 Å². The van der Waals surface area contributed by atoms with Gasteiger partial charge in [-0.3, -0.25) is 9.59 Å². The number of hydrogen-bond donors (Lipinski definition) is 2. The van der Waals surface area contributed by atoms with Gasteiger partial charge in [0.2, 0.25) is 5.91 Å². The van der Waals surface area contributed by atoms with Crippen molar-refractivity contribution in [2.24, 2.45) is 5.92 Å². The summed E-state index contributed by atoms with van der Waals surface area (Å²) < 4.78 is 0. The second kappa shape index (κ2) is 7.31. The number of nitrogens with one attached hydrogen (secondary N) is 1. The monoisotopic (exact) mass is 311 g/mol. The van der Waals surface area contributed by atoms with Crippen LogP contribution in [0.25, 0.3) is 0 Å². The van der Waals surface area contributed by atoms with Gasteiger partial charge < -0.3 is 16.0 Å². The van der Waals surface area contributed by atoms with Crippen LogP contribution in [0.1, 0.15) is 30.6 Å². The molecular weight excluding hydrogens is 290 g/mol. The zero-order chi connectivity index (χ0) is 16.2. The summed E-state index contributed by atoms with van der Waals surface area (Å²) in [6, 6.07) is 4.10. The van der Waals surface area contributed by atoms with Gasteiger partial charge >= 0.3 is 0 Å². The quantitative estimate of drug-likeness (QED) is 0.818. The van der Waals surface area contributed by atoms with Gasteiger partial charge in [0, 0.05) is 24.8 Å². The van der Waals surface area contributed by atoms with Crippen molar-refractivity contribution in [3.8, 4) is 0 Å². The fraction of sp³-hybridized carbons (Fsp3) is 0.467. The van der Waals surface area contributed by atoms with Crippen molar-refractivity contribution in [2.75, 3.05) is 19.8 Å². The molecule has 5 nitrogen and oxygen atoms in total. The lowest BCUT2D eigenvalue weighted by Crippen LogP contribution is -2.47. The predicted molar refractivity (Wildman–Crippen MR) is 85.3 cm³/mol. The molecule has 116 valence electrons. The van der Waals surface area contributed by atoms with Crippen molar-refractivity contribution in [3.05, 3.63) is 28.8 Å². The Morgan fingerprint density at radius 2 is 1.95 bits per heavy atom. The Balaban J connectivity index is 2.92. The highest BCUT2D eigenvalue weighted by molar-refractivity contribution is 6.31.